The van der Waals surface area contributed by atoms with E-state index in [1.54, 1.807) is 0 Å². The smallest absolute Gasteiger partial charge is 0.122 e. The van der Waals surface area contributed by atoms with Crippen LogP contribution in [0.4, 0.5) is 0 Å². The van der Waals surface area contributed by atoms with E-state index in [4.69, 9.17) is 4.74 Å². The van der Waals surface area contributed by atoms with E-state index in [2.05, 4.69) is 43.5 Å². The second-order valence-electron chi connectivity index (χ2n) is 6.35. The summed E-state index contributed by atoms with van der Waals surface area (Å²) in [5, 5.41) is 0. The second kappa shape index (κ2) is 8.23. The van der Waals surface area contributed by atoms with Crippen molar-refractivity contribution in [2.24, 2.45) is 5.92 Å². The van der Waals surface area contributed by atoms with Gasteiger partial charge in [0.25, 0.3) is 0 Å². The highest BCUT2D eigenvalue weighted by Crippen LogP contribution is 2.21. The van der Waals surface area contributed by atoms with Crippen LogP contribution < -0.4 is 4.74 Å². The molecule has 0 unspecified atom stereocenters. The molecule has 2 nitrogen and oxygen atoms in total. The van der Waals surface area contributed by atoms with Gasteiger partial charge in [-0.2, -0.15) is 0 Å². The van der Waals surface area contributed by atoms with E-state index in [9.17, 15) is 0 Å². The number of aryl methyl sites for hydroxylation is 1. The van der Waals surface area contributed by atoms with Crippen molar-refractivity contribution >= 4 is 0 Å². The molecule has 21 heavy (non-hydrogen) atoms. The van der Waals surface area contributed by atoms with Gasteiger partial charge >= 0.3 is 0 Å². The molecule has 1 aliphatic heterocycles. The molecule has 116 valence electrons. The monoisotopic (exact) mass is 287 g/mol. The van der Waals surface area contributed by atoms with E-state index in [-0.39, 0.29) is 0 Å². The number of ether oxygens (including phenoxy) is 1. The summed E-state index contributed by atoms with van der Waals surface area (Å²) in [7, 11) is 0. The van der Waals surface area contributed by atoms with Crippen molar-refractivity contribution in [3.8, 4) is 5.75 Å². The molecule has 1 atom stereocenters. The number of allylic oxidation sites excluding steroid dienone is 1. The zero-order chi connectivity index (χ0) is 15.1. The van der Waals surface area contributed by atoms with E-state index in [0.717, 1.165) is 37.7 Å². The summed E-state index contributed by atoms with van der Waals surface area (Å²) in [6.07, 6.45) is 6.66. The summed E-state index contributed by atoms with van der Waals surface area (Å²) >= 11 is 0. The molecular formula is C19H29NO. The molecule has 0 bridgehead atoms. The van der Waals surface area contributed by atoms with Crippen LogP contribution in [0.1, 0.15) is 37.3 Å². The van der Waals surface area contributed by atoms with Gasteiger partial charge in [0.05, 0.1) is 6.61 Å². The first-order chi connectivity index (χ1) is 10.2. The van der Waals surface area contributed by atoms with E-state index in [0.29, 0.717) is 0 Å². The molecule has 0 N–H and O–H groups in total. The first kappa shape index (κ1) is 16.1. The van der Waals surface area contributed by atoms with Crippen molar-refractivity contribution in [3.63, 3.8) is 0 Å². The predicted octanol–water partition coefficient (Wildman–Crippen LogP) is 4.22. The van der Waals surface area contributed by atoms with E-state index in [1.807, 2.05) is 6.08 Å². The molecule has 1 aromatic carbocycles. The fourth-order valence-electron chi connectivity index (χ4n) is 3.12. The highest BCUT2D eigenvalue weighted by molar-refractivity contribution is 5.38. The molecule has 0 aliphatic carbocycles. The van der Waals surface area contributed by atoms with Crippen molar-refractivity contribution in [3.05, 3.63) is 42.0 Å². The van der Waals surface area contributed by atoms with Crippen molar-refractivity contribution in [2.75, 3.05) is 26.2 Å². The fraction of sp³-hybridized carbons (Fsp3) is 0.579. The van der Waals surface area contributed by atoms with Gasteiger partial charge in [0.15, 0.2) is 0 Å². The average Bonchev–Trinajstić information content (AvgIpc) is 2.46. The molecule has 0 spiro atoms. The third-order valence-corrected chi connectivity index (χ3v) is 4.20. The van der Waals surface area contributed by atoms with E-state index < -0.39 is 0 Å². The van der Waals surface area contributed by atoms with Crippen LogP contribution in [0.25, 0.3) is 0 Å². The van der Waals surface area contributed by atoms with Crippen LogP contribution in [0.2, 0.25) is 0 Å². The summed E-state index contributed by atoms with van der Waals surface area (Å²) in [5.74, 6) is 1.88. The quantitative estimate of drug-likeness (QED) is 0.550. The van der Waals surface area contributed by atoms with Gasteiger partial charge in [-0.05, 0) is 56.7 Å². The molecular weight excluding hydrogens is 258 g/mol. The van der Waals surface area contributed by atoms with Crippen molar-refractivity contribution in [1.29, 1.82) is 0 Å². The highest BCUT2D eigenvalue weighted by Gasteiger charge is 2.15. The SMILES string of the molecule is C=CCc1cc(C)ccc1OCCCN1CCC[C@H](C)C1. The minimum absolute atomic E-state index is 0.804. The maximum Gasteiger partial charge on any atom is 0.122 e. The first-order valence-electron chi connectivity index (χ1n) is 8.24. The Balaban J connectivity index is 1.76. The maximum absolute atomic E-state index is 5.99. The Morgan fingerprint density at radius 3 is 3.05 bits per heavy atom. The lowest BCUT2D eigenvalue weighted by molar-refractivity contribution is 0.170. The van der Waals surface area contributed by atoms with Crippen LogP contribution in [-0.2, 0) is 6.42 Å². The summed E-state index contributed by atoms with van der Waals surface area (Å²) in [6.45, 7) is 12.8. The molecule has 1 fully saturated rings. The highest BCUT2D eigenvalue weighted by atomic mass is 16.5. The lowest BCUT2D eigenvalue weighted by atomic mass is 10.0. The number of nitrogens with zero attached hydrogens (tertiary/aromatic N) is 1. The number of hydrogen-bond donors (Lipinski definition) is 0. The van der Waals surface area contributed by atoms with Gasteiger partial charge < -0.3 is 9.64 Å². The third kappa shape index (κ3) is 5.20. The Kier molecular flexibility index (Phi) is 6.31. The minimum atomic E-state index is 0.804. The number of benzene rings is 1. The summed E-state index contributed by atoms with van der Waals surface area (Å²) in [5.41, 5.74) is 2.53. The standard InChI is InChI=1S/C19H29NO/c1-4-7-18-14-16(2)9-10-19(18)21-13-6-12-20-11-5-8-17(3)15-20/h4,9-10,14,17H,1,5-8,11-13,15H2,2-3H3/t17-/m0/s1. The Bertz CT molecular complexity index is 455. The normalized spacial score (nSPS) is 19.4. The second-order valence-corrected chi connectivity index (χ2v) is 6.35. The molecule has 0 amide bonds. The van der Waals surface area contributed by atoms with Gasteiger partial charge in [0.2, 0.25) is 0 Å². The maximum atomic E-state index is 5.99. The Labute approximate surface area is 129 Å². The van der Waals surface area contributed by atoms with Crippen LogP contribution in [0, 0.1) is 12.8 Å². The molecule has 2 heteroatoms. The van der Waals surface area contributed by atoms with Crippen LogP contribution in [0.3, 0.4) is 0 Å². The van der Waals surface area contributed by atoms with Gasteiger partial charge in [-0.25, -0.2) is 0 Å². The Morgan fingerprint density at radius 1 is 1.43 bits per heavy atom. The van der Waals surface area contributed by atoms with Gasteiger partial charge in [-0.15, -0.1) is 6.58 Å². The molecule has 1 heterocycles. The van der Waals surface area contributed by atoms with Crippen LogP contribution >= 0.6 is 0 Å². The van der Waals surface area contributed by atoms with Crippen LogP contribution in [0.15, 0.2) is 30.9 Å². The predicted molar refractivity (Wildman–Crippen MR) is 90.0 cm³/mol. The van der Waals surface area contributed by atoms with Gasteiger partial charge in [0.1, 0.15) is 5.75 Å². The van der Waals surface area contributed by atoms with Crippen LogP contribution in [0.5, 0.6) is 5.75 Å². The average molecular weight is 287 g/mol. The van der Waals surface area contributed by atoms with Crippen molar-refractivity contribution < 1.29 is 4.74 Å². The van der Waals surface area contributed by atoms with Gasteiger partial charge in [-0.3, -0.25) is 0 Å². The number of rotatable bonds is 7. The van der Waals surface area contributed by atoms with Gasteiger partial charge in [-0.1, -0.05) is 30.7 Å². The van der Waals surface area contributed by atoms with Crippen molar-refractivity contribution in [1.82, 2.24) is 4.90 Å². The number of piperidine rings is 1. The summed E-state index contributed by atoms with van der Waals surface area (Å²) in [4.78, 5) is 2.58. The van der Waals surface area contributed by atoms with Crippen LogP contribution in [-0.4, -0.2) is 31.1 Å². The molecule has 0 aromatic heterocycles. The summed E-state index contributed by atoms with van der Waals surface area (Å²) in [6, 6.07) is 6.41. The van der Waals surface area contributed by atoms with Crippen molar-refractivity contribution in [2.45, 2.75) is 39.5 Å². The fourth-order valence-corrected chi connectivity index (χ4v) is 3.12. The molecule has 1 saturated heterocycles. The zero-order valence-electron chi connectivity index (χ0n) is 13.6. The molecule has 0 radical (unpaired) electrons. The molecule has 0 saturated carbocycles. The topological polar surface area (TPSA) is 12.5 Å². The lowest BCUT2D eigenvalue weighted by Crippen LogP contribution is -2.35. The number of hydrogen-bond acceptors (Lipinski definition) is 2. The first-order valence-corrected chi connectivity index (χ1v) is 8.24. The Hall–Kier alpha value is -1.28. The number of likely N-dealkylation sites (tertiary alicyclic amines) is 1. The molecule has 1 aromatic rings. The molecule has 1 aliphatic rings. The molecule has 2 rings (SSSR count). The van der Waals surface area contributed by atoms with E-state index in [1.165, 1.54) is 37.1 Å². The zero-order valence-corrected chi connectivity index (χ0v) is 13.6. The third-order valence-electron chi connectivity index (χ3n) is 4.20. The van der Waals surface area contributed by atoms with E-state index >= 15 is 0 Å². The summed E-state index contributed by atoms with van der Waals surface area (Å²) < 4.78 is 5.99. The Morgan fingerprint density at radius 2 is 2.29 bits per heavy atom. The minimum Gasteiger partial charge on any atom is -0.493 e. The largest absolute Gasteiger partial charge is 0.493 e. The lowest BCUT2D eigenvalue weighted by Gasteiger charge is -2.30. The van der Waals surface area contributed by atoms with Gasteiger partial charge in [0, 0.05) is 13.1 Å².